The number of hydrogen-bond donors (Lipinski definition) is 0. The molecule has 3 nitrogen and oxygen atoms in total. The molecule has 0 fully saturated rings. The third-order valence-electron chi connectivity index (χ3n) is 1.93. The first-order valence-electron chi connectivity index (χ1n) is 4.34. The van der Waals surface area contributed by atoms with Gasteiger partial charge < -0.3 is 9.29 Å². The van der Waals surface area contributed by atoms with E-state index in [2.05, 4.69) is 4.74 Å². The minimum Gasteiger partial charge on any atom is -0.772 e. The summed E-state index contributed by atoms with van der Waals surface area (Å²) in [7, 11) is 0. The van der Waals surface area contributed by atoms with Gasteiger partial charge in [0.15, 0.2) is 0 Å². The van der Waals surface area contributed by atoms with Gasteiger partial charge in [-0.2, -0.15) is 0 Å². The molecule has 1 aromatic rings. The molecule has 0 aliphatic carbocycles. The number of rotatable bonds is 3. The average Bonchev–Trinajstić information content (AvgIpc) is 2.14. The largest absolute Gasteiger partial charge is 0.772 e. The Morgan fingerprint density at radius 1 is 1.41 bits per heavy atom. The van der Waals surface area contributed by atoms with Crippen molar-refractivity contribution in [1.29, 1.82) is 0 Å². The van der Waals surface area contributed by atoms with Crippen LogP contribution in [-0.4, -0.2) is 15.1 Å². The van der Waals surface area contributed by atoms with Crippen LogP contribution in [0.3, 0.4) is 0 Å². The summed E-state index contributed by atoms with van der Waals surface area (Å²) < 4.78 is 73.8. The van der Waals surface area contributed by atoms with Crippen LogP contribution in [0.2, 0.25) is 0 Å². The third-order valence-corrected chi connectivity index (χ3v) is 2.76. The van der Waals surface area contributed by atoms with Crippen molar-refractivity contribution in [2.75, 3.05) is 0 Å². The molecule has 0 aromatic heterocycles. The standard InChI is InChI=1S/C9H8F4O3S/c1-5(17(14)15)7-3-2-6(10)4-8(7)16-9(11,12)13/h2-5H,1H3,(H,14,15)/p-1. The highest BCUT2D eigenvalue weighted by molar-refractivity contribution is 7.79. The molecule has 0 aliphatic heterocycles. The summed E-state index contributed by atoms with van der Waals surface area (Å²) in [6.07, 6.45) is -5.01. The van der Waals surface area contributed by atoms with E-state index in [9.17, 15) is 26.3 Å². The molecule has 2 unspecified atom stereocenters. The second kappa shape index (κ2) is 5.01. The van der Waals surface area contributed by atoms with Gasteiger partial charge in [-0.3, -0.25) is 4.21 Å². The number of alkyl halides is 3. The lowest BCUT2D eigenvalue weighted by molar-refractivity contribution is -0.275. The lowest BCUT2D eigenvalue weighted by Gasteiger charge is -2.19. The monoisotopic (exact) mass is 271 g/mol. The van der Waals surface area contributed by atoms with E-state index in [1.807, 2.05) is 0 Å². The predicted octanol–water partition coefficient (Wildman–Crippen LogP) is 2.66. The summed E-state index contributed by atoms with van der Waals surface area (Å²) in [5, 5.41) is -1.23. The van der Waals surface area contributed by atoms with E-state index in [0.29, 0.717) is 6.07 Å². The van der Waals surface area contributed by atoms with Gasteiger partial charge in [0.25, 0.3) is 0 Å². The Balaban J connectivity index is 3.17. The number of ether oxygens (including phenoxy) is 1. The Morgan fingerprint density at radius 2 is 2.00 bits per heavy atom. The quantitative estimate of drug-likeness (QED) is 0.627. The van der Waals surface area contributed by atoms with Gasteiger partial charge in [-0.15, -0.1) is 13.2 Å². The van der Waals surface area contributed by atoms with Crippen LogP contribution in [0.15, 0.2) is 18.2 Å². The highest BCUT2D eigenvalue weighted by atomic mass is 32.2. The zero-order valence-corrected chi connectivity index (χ0v) is 9.27. The lowest BCUT2D eigenvalue weighted by Crippen LogP contribution is -2.19. The van der Waals surface area contributed by atoms with Crippen molar-refractivity contribution in [3.8, 4) is 5.75 Å². The van der Waals surface area contributed by atoms with Crippen LogP contribution >= 0.6 is 0 Å². The van der Waals surface area contributed by atoms with Gasteiger partial charge in [0.1, 0.15) is 11.6 Å². The highest BCUT2D eigenvalue weighted by Crippen LogP contribution is 2.32. The Morgan fingerprint density at radius 3 is 2.47 bits per heavy atom. The van der Waals surface area contributed by atoms with E-state index in [-0.39, 0.29) is 5.56 Å². The van der Waals surface area contributed by atoms with E-state index in [1.165, 1.54) is 6.92 Å². The fraction of sp³-hybridized carbons (Fsp3) is 0.333. The van der Waals surface area contributed by atoms with Crippen molar-refractivity contribution in [2.24, 2.45) is 0 Å². The molecule has 0 heterocycles. The summed E-state index contributed by atoms with van der Waals surface area (Å²) >= 11 is -2.63. The zero-order chi connectivity index (χ0) is 13.2. The van der Waals surface area contributed by atoms with Gasteiger partial charge in [-0.1, -0.05) is 6.07 Å². The fourth-order valence-corrected chi connectivity index (χ4v) is 1.56. The summed E-state index contributed by atoms with van der Waals surface area (Å²) in [5.41, 5.74) is -0.253. The van der Waals surface area contributed by atoms with Crippen molar-refractivity contribution < 1.29 is 31.1 Å². The maximum Gasteiger partial charge on any atom is 0.573 e. The molecular formula is C9H7F4O3S-. The van der Waals surface area contributed by atoms with Gasteiger partial charge in [-0.05, 0) is 24.1 Å². The molecule has 0 saturated heterocycles. The van der Waals surface area contributed by atoms with E-state index < -0.39 is 34.3 Å². The van der Waals surface area contributed by atoms with Crippen molar-refractivity contribution in [2.45, 2.75) is 18.5 Å². The van der Waals surface area contributed by atoms with Crippen molar-refractivity contribution >= 4 is 11.1 Å². The van der Waals surface area contributed by atoms with Crippen LogP contribution in [0.5, 0.6) is 5.75 Å². The molecule has 0 saturated carbocycles. The SMILES string of the molecule is CC(c1ccc(F)cc1OC(F)(F)F)S(=O)[O-]. The first-order valence-corrected chi connectivity index (χ1v) is 5.48. The normalized spacial score (nSPS) is 15.4. The first kappa shape index (κ1) is 13.9. The molecule has 0 spiro atoms. The minimum absolute atomic E-state index is 0.253. The number of halogens is 4. The van der Waals surface area contributed by atoms with E-state index in [1.54, 1.807) is 0 Å². The second-order valence-corrected chi connectivity index (χ2v) is 4.36. The third kappa shape index (κ3) is 3.97. The van der Waals surface area contributed by atoms with E-state index >= 15 is 0 Å². The minimum atomic E-state index is -5.01. The molecule has 0 aliphatic rings. The molecule has 17 heavy (non-hydrogen) atoms. The maximum absolute atomic E-state index is 12.8. The molecule has 0 radical (unpaired) electrons. The molecular weight excluding hydrogens is 264 g/mol. The average molecular weight is 271 g/mol. The number of benzene rings is 1. The van der Waals surface area contributed by atoms with Gasteiger partial charge in [0, 0.05) is 16.9 Å². The van der Waals surface area contributed by atoms with Crippen LogP contribution < -0.4 is 4.74 Å². The Hall–Kier alpha value is -1.15. The summed E-state index contributed by atoms with van der Waals surface area (Å²) in [6.45, 7) is 1.17. The molecule has 8 heteroatoms. The van der Waals surface area contributed by atoms with Gasteiger partial charge in [0.2, 0.25) is 0 Å². The molecule has 0 N–H and O–H groups in total. The first-order chi connectivity index (χ1) is 7.70. The Labute approximate surface area is 96.7 Å². The summed E-state index contributed by atoms with van der Waals surface area (Å²) in [4.78, 5) is 0. The van der Waals surface area contributed by atoms with E-state index in [4.69, 9.17) is 0 Å². The van der Waals surface area contributed by atoms with Crippen molar-refractivity contribution in [3.05, 3.63) is 29.6 Å². The van der Waals surface area contributed by atoms with Crippen molar-refractivity contribution in [3.63, 3.8) is 0 Å². The van der Waals surface area contributed by atoms with Gasteiger partial charge in [0.05, 0.1) is 0 Å². The molecule has 2 atom stereocenters. The van der Waals surface area contributed by atoms with E-state index in [0.717, 1.165) is 12.1 Å². The Bertz CT molecular complexity index is 433. The van der Waals surface area contributed by atoms with Crippen LogP contribution in [0, 0.1) is 5.82 Å². The fourth-order valence-electron chi connectivity index (χ4n) is 1.16. The molecule has 1 rings (SSSR count). The zero-order valence-electron chi connectivity index (χ0n) is 8.45. The van der Waals surface area contributed by atoms with Crippen LogP contribution in [-0.2, 0) is 11.1 Å². The summed E-state index contributed by atoms with van der Waals surface area (Å²) in [5.74, 6) is -1.80. The molecule has 96 valence electrons. The van der Waals surface area contributed by atoms with Gasteiger partial charge in [-0.25, -0.2) is 4.39 Å². The van der Waals surface area contributed by atoms with Crippen LogP contribution in [0.1, 0.15) is 17.7 Å². The maximum atomic E-state index is 12.8. The number of hydrogen-bond acceptors (Lipinski definition) is 3. The summed E-state index contributed by atoms with van der Waals surface area (Å²) in [6, 6.07) is 2.30. The molecule has 1 aromatic carbocycles. The van der Waals surface area contributed by atoms with Crippen LogP contribution in [0.25, 0.3) is 0 Å². The van der Waals surface area contributed by atoms with Crippen molar-refractivity contribution in [1.82, 2.24) is 0 Å². The van der Waals surface area contributed by atoms with Gasteiger partial charge >= 0.3 is 6.36 Å². The lowest BCUT2D eigenvalue weighted by atomic mass is 10.1. The highest BCUT2D eigenvalue weighted by Gasteiger charge is 2.33. The molecule has 0 amide bonds. The Kier molecular flexibility index (Phi) is 4.10. The predicted molar refractivity (Wildman–Crippen MR) is 50.4 cm³/mol. The second-order valence-electron chi connectivity index (χ2n) is 3.13. The topological polar surface area (TPSA) is 49.4 Å². The smallest absolute Gasteiger partial charge is 0.573 e. The van der Waals surface area contributed by atoms with Crippen LogP contribution in [0.4, 0.5) is 17.6 Å². The molecule has 0 bridgehead atoms.